The second-order valence-electron chi connectivity index (χ2n) is 5.28. The van der Waals surface area contributed by atoms with Crippen LogP contribution in [-0.2, 0) is 0 Å². The number of halogens is 1. The van der Waals surface area contributed by atoms with Crippen LogP contribution in [0.2, 0.25) is 5.02 Å². The van der Waals surface area contributed by atoms with Gasteiger partial charge in [0.2, 0.25) is 0 Å². The summed E-state index contributed by atoms with van der Waals surface area (Å²) in [5.41, 5.74) is 1.58. The molecular formula is C18H13ClN2O4. The first-order valence-electron chi connectivity index (χ1n) is 7.33. The SMILES string of the molecule is Cc1onc(-c2ccccc2Cl)c1C(=O)Nc1cccc(C(=O)O)c1. The van der Waals surface area contributed by atoms with Gasteiger partial charge < -0.3 is 14.9 Å². The minimum absolute atomic E-state index is 0.0752. The lowest BCUT2D eigenvalue weighted by molar-refractivity contribution is 0.0696. The molecule has 0 unspecified atom stereocenters. The summed E-state index contributed by atoms with van der Waals surface area (Å²) in [6.07, 6.45) is 0. The zero-order chi connectivity index (χ0) is 18.0. The van der Waals surface area contributed by atoms with Crippen LogP contribution in [0.3, 0.4) is 0 Å². The number of aromatic nitrogens is 1. The van der Waals surface area contributed by atoms with Gasteiger partial charge in [-0.3, -0.25) is 4.79 Å². The smallest absolute Gasteiger partial charge is 0.335 e. The molecule has 2 aromatic carbocycles. The maximum absolute atomic E-state index is 12.7. The predicted octanol–water partition coefficient (Wildman–Crippen LogP) is 4.25. The number of hydrogen-bond acceptors (Lipinski definition) is 4. The number of aromatic carboxylic acids is 1. The molecule has 1 aromatic heterocycles. The molecule has 25 heavy (non-hydrogen) atoms. The number of nitrogens with one attached hydrogen (secondary N) is 1. The summed E-state index contributed by atoms with van der Waals surface area (Å²) >= 11 is 6.18. The zero-order valence-electron chi connectivity index (χ0n) is 13.1. The Labute approximate surface area is 148 Å². The number of benzene rings is 2. The number of anilines is 1. The highest BCUT2D eigenvalue weighted by atomic mass is 35.5. The molecule has 2 N–H and O–H groups in total. The van der Waals surface area contributed by atoms with Crippen LogP contribution >= 0.6 is 11.6 Å². The second-order valence-corrected chi connectivity index (χ2v) is 5.69. The van der Waals surface area contributed by atoms with E-state index in [-0.39, 0.29) is 11.1 Å². The molecule has 0 bridgehead atoms. The number of rotatable bonds is 4. The second kappa shape index (κ2) is 6.78. The van der Waals surface area contributed by atoms with E-state index in [9.17, 15) is 9.59 Å². The van der Waals surface area contributed by atoms with Crippen molar-refractivity contribution in [3.63, 3.8) is 0 Å². The van der Waals surface area contributed by atoms with Crippen molar-refractivity contribution < 1.29 is 19.2 Å². The van der Waals surface area contributed by atoms with E-state index in [0.717, 1.165) is 0 Å². The lowest BCUT2D eigenvalue weighted by Gasteiger charge is -2.07. The Morgan fingerprint density at radius 1 is 1.16 bits per heavy atom. The molecule has 0 atom stereocenters. The van der Waals surface area contributed by atoms with Gasteiger partial charge in [0.05, 0.1) is 10.6 Å². The molecule has 0 radical (unpaired) electrons. The third kappa shape index (κ3) is 3.39. The highest BCUT2D eigenvalue weighted by molar-refractivity contribution is 6.33. The number of carbonyl (C=O) groups is 2. The first-order valence-corrected chi connectivity index (χ1v) is 7.71. The molecule has 7 heteroatoms. The highest BCUT2D eigenvalue weighted by Crippen LogP contribution is 2.31. The van der Waals surface area contributed by atoms with Crippen molar-refractivity contribution in [1.29, 1.82) is 0 Å². The molecule has 0 saturated heterocycles. The largest absolute Gasteiger partial charge is 0.478 e. The minimum Gasteiger partial charge on any atom is -0.478 e. The van der Waals surface area contributed by atoms with Crippen LogP contribution in [0, 0.1) is 6.92 Å². The van der Waals surface area contributed by atoms with Crippen molar-refractivity contribution in [2.45, 2.75) is 6.92 Å². The summed E-state index contributed by atoms with van der Waals surface area (Å²) in [4.78, 5) is 23.7. The molecule has 126 valence electrons. The number of nitrogens with zero attached hydrogens (tertiary/aromatic N) is 1. The van der Waals surface area contributed by atoms with Crippen LogP contribution in [0.4, 0.5) is 5.69 Å². The summed E-state index contributed by atoms with van der Waals surface area (Å²) in [5, 5.41) is 16.1. The summed E-state index contributed by atoms with van der Waals surface area (Å²) in [7, 11) is 0. The van der Waals surface area contributed by atoms with Crippen molar-refractivity contribution in [2.24, 2.45) is 0 Å². The number of amides is 1. The number of carboxylic acids is 1. The molecule has 0 aliphatic carbocycles. The van der Waals surface area contributed by atoms with Crippen LogP contribution < -0.4 is 5.32 Å². The van der Waals surface area contributed by atoms with E-state index in [2.05, 4.69) is 10.5 Å². The molecule has 0 spiro atoms. The van der Waals surface area contributed by atoms with Gasteiger partial charge in [-0.15, -0.1) is 0 Å². The van der Waals surface area contributed by atoms with Gasteiger partial charge in [-0.1, -0.05) is 41.0 Å². The van der Waals surface area contributed by atoms with Crippen LogP contribution in [0.15, 0.2) is 53.1 Å². The van der Waals surface area contributed by atoms with Crippen molar-refractivity contribution >= 4 is 29.2 Å². The summed E-state index contributed by atoms with van der Waals surface area (Å²) < 4.78 is 5.16. The van der Waals surface area contributed by atoms with Gasteiger partial charge in [0.1, 0.15) is 17.0 Å². The van der Waals surface area contributed by atoms with Crippen LogP contribution in [0.5, 0.6) is 0 Å². The Kier molecular flexibility index (Phi) is 4.54. The number of aryl methyl sites for hydroxylation is 1. The maximum Gasteiger partial charge on any atom is 0.335 e. The standard InChI is InChI=1S/C18H13ClN2O4/c1-10-15(16(21-25-10)13-7-2-3-8-14(13)19)17(22)20-12-6-4-5-11(9-12)18(23)24/h2-9H,1H3,(H,20,22)(H,23,24). The maximum atomic E-state index is 12.7. The van der Waals surface area contributed by atoms with Gasteiger partial charge in [-0.05, 0) is 31.2 Å². The number of carboxylic acid groups (broad SMARTS) is 1. The summed E-state index contributed by atoms with van der Waals surface area (Å²) in [6.45, 7) is 1.62. The molecule has 3 aromatic rings. The third-order valence-electron chi connectivity index (χ3n) is 3.59. The van der Waals surface area contributed by atoms with E-state index in [1.165, 1.54) is 12.1 Å². The van der Waals surface area contributed by atoms with Crippen LogP contribution in [-0.4, -0.2) is 22.1 Å². The van der Waals surface area contributed by atoms with E-state index in [1.54, 1.807) is 43.3 Å². The zero-order valence-corrected chi connectivity index (χ0v) is 13.9. The van der Waals surface area contributed by atoms with E-state index in [1.807, 2.05) is 0 Å². The molecule has 0 aliphatic rings. The molecule has 3 rings (SSSR count). The Morgan fingerprint density at radius 3 is 2.64 bits per heavy atom. The van der Waals surface area contributed by atoms with Crippen LogP contribution in [0.25, 0.3) is 11.3 Å². The van der Waals surface area contributed by atoms with Crippen LogP contribution in [0.1, 0.15) is 26.5 Å². The monoisotopic (exact) mass is 356 g/mol. The van der Waals surface area contributed by atoms with Gasteiger partial charge in [0.25, 0.3) is 5.91 Å². The highest BCUT2D eigenvalue weighted by Gasteiger charge is 2.23. The molecular weight excluding hydrogens is 344 g/mol. The Bertz CT molecular complexity index is 965. The van der Waals surface area contributed by atoms with Gasteiger partial charge in [-0.2, -0.15) is 0 Å². The topological polar surface area (TPSA) is 92.4 Å². The lowest BCUT2D eigenvalue weighted by Crippen LogP contribution is -2.14. The number of carbonyl (C=O) groups excluding carboxylic acids is 1. The van der Waals surface area contributed by atoms with E-state index in [4.69, 9.17) is 21.2 Å². The quantitative estimate of drug-likeness (QED) is 0.728. The fourth-order valence-electron chi connectivity index (χ4n) is 2.40. The van der Waals surface area contributed by atoms with Crippen molar-refractivity contribution in [2.75, 3.05) is 5.32 Å². The average molecular weight is 357 g/mol. The van der Waals surface area contributed by atoms with Gasteiger partial charge in [0, 0.05) is 11.3 Å². The van der Waals surface area contributed by atoms with Gasteiger partial charge in [-0.25, -0.2) is 4.79 Å². The molecule has 1 amide bonds. The minimum atomic E-state index is -1.07. The molecule has 0 fully saturated rings. The van der Waals surface area contributed by atoms with Crippen molar-refractivity contribution in [3.05, 3.63) is 70.4 Å². The fourth-order valence-corrected chi connectivity index (χ4v) is 2.63. The first-order chi connectivity index (χ1) is 12.0. The van der Waals surface area contributed by atoms with E-state index < -0.39 is 11.9 Å². The average Bonchev–Trinajstić information content (AvgIpc) is 2.97. The number of hydrogen-bond donors (Lipinski definition) is 2. The normalized spacial score (nSPS) is 10.5. The van der Waals surface area contributed by atoms with E-state index >= 15 is 0 Å². The molecule has 6 nitrogen and oxygen atoms in total. The Hall–Kier alpha value is -3.12. The van der Waals surface area contributed by atoms with Gasteiger partial charge >= 0.3 is 5.97 Å². The van der Waals surface area contributed by atoms with E-state index in [0.29, 0.717) is 27.7 Å². The Morgan fingerprint density at radius 2 is 1.92 bits per heavy atom. The molecule has 0 saturated carbocycles. The molecule has 0 aliphatic heterocycles. The summed E-state index contributed by atoms with van der Waals surface area (Å²) in [5.74, 6) is -1.20. The van der Waals surface area contributed by atoms with Gasteiger partial charge in [0.15, 0.2) is 0 Å². The third-order valence-corrected chi connectivity index (χ3v) is 3.92. The summed E-state index contributed by atoms with van der Waals surface area (Å²) in [6, 6.07) is 13.0. The fraction of sp³-hybridized carbons (Fsp3) is 0.0556. The van der Waals surface area contributed by atoms with Crippen molar-refractivity contribution in [3.8, 4) is 11.3 Å². The van der Waals surface area contributed by atoms with Crippen molar-refractivity contribution in [1.82, 2.24) is 5.16 Å². The lowest BCUT2D eigenvalue weighted by atomic mass is 10.1. The molecule has 1 heterocycles. The Balaban J connectivity index is 1.96. The predicted molar refractivity (Wildman–Crippen MR) is 93.0 cm³/mol. The first kappa shape index (κ1) is 16.7.